The lowest BCUT2D eigenvalue weighted by atomic mass is 10.4. The van der Waals surface area contributed by atoms with E-state index >= 15 is 0 Å². The minimum Gasteiger partial charge on any atom is -0.477 e. The molecule has 21 heavy (non-hydrogen) atoms. The summed E-state index contributed by atoms with van der Waals surface area (Å²) in [6.45, 7) is 3.37. The summed E-state index contributed by atoms with van der Waals surface area (Å²) in [6.07, 6.45) is 1.57. The van der Waals surface area contributed by atoms with E-state index < -0.39 is 16.0 Å². The number of aromatic carboxylic acids is 1. The molecule has 0 aliphatic rings. The maximum Gasteiger partial charge on any atom is 0.347 e. The Morgan fingerprint density at radius 1 is 1.48 bits per heavy atom. The average molecular weight is 330 g/mol. The average Bonchev–Trinajstić information content (AvgIpc) is 2.95. The molecule has 2 aromatic heterocycles. The normalized spacial score (nSPS) is 11.7. The van der Waals surface area contributed by atoms with Gasteiger partial charge in [0.1, 0.15) is 9.77 Å². The van der Waals surface area contributed by atoms with Crippen molar-refractivity contribution in [3.05, 3.63) is 27.5 Å². The first-order chi connectivity index (χ1) is 9.81. The van der Waals surface area contributed by atoms with Crippen molar-refractivity contribution in [1.29, 1.82) is 0 Å². The van der Waals surface area contributed by atoms with Crippen LogP contribution in [0.1, 0.15) is 26.1 Å². The quantitative estimate of drug-likeness (QED) is 0.716. The van der Waals surface area contributed by atoms with Crippen molar-refractivity contribution in [2.24, 2.45) is 0 Å². The van der Waals surface area contributed by atoms with E-state index in [-0.39, 0.29) is 16.3 Å². The summed E-state index contributed by atoms with van der Waals surface area (Å²) in [5.41, 5.74) is 0.900. The zero-order valence-corrected chi connectivity index (χ0v) is 13.0. The lowest BCUT2D eigenvalue weighted by molar-refractivity contribution is 0.0701. The van der Waals surface area contributed by atoms with Gasteiger partial charge in [-0.1, -0.05) is 0 Å². The Kier molecular flexibility index (Phi) is 4.40. The second-order valence-electron chi connectivity index (χ2n) is 4.33. The standard InChI is InChI=1S/C11H14N4O4S2/c1-6-8(5-12-15-6)21(18,19)13-4-3-9-14-7(2)10(20-9)11(16)17/h5,13H,3-4H2,1-2H3,(H,12,15)(H,16,17). The number of sulfonamides is 1. The van der Waals surface area contributed by atoms with Crippen LogP contribution in [0.25, 0.3) is 0 Å². The number of rotatable bonds is 6. The Labute approximate surface area is 125 Å². The number of nitrogens with zero attached hydrogens (tertiary/aromatic N) is 2. The molecular formula is C11H14N4O4S2. The molecule has 0 aliphatic heterocycles. The molecule has 0 unspecified atom stereocenters. The SMILES string of the molecule is Cc1nc(CCNS(=O)(=O)c2cn[nH]c2C)sc1C(=O)O. The van der Waals surface area contributed by atoms with Crippen molar-refractivity contribution < 1.29 is 18.3 Å². The van der Waals surface area contributed by atoms with E-state index in [9.17, 15) is 13.2 Å². The zero-order chi connectivity index (χ0) is 15.6. The van der Waals surface area contributed by atoms with Gasteiger partial charge in [-0.15, -0.1) is 11.3 Å². The van der Waals surface area contributed by atoms with Crippen molar-refractivity contribution in [3.63, 3.8) is 0 Å². The van der Waals surface area contributed by atoms with E-state index in [0.29, 0.717) is 22.8 Å². The highest BCUT2D eigenvalue weighted by Crippen LogP contribution is 2.18. The van der Waals surface area contributed by atoms with Crippen LogP contribution in [0, 0.1) is 13.8 Å². The van der Waals surface area contributed by atoms with Crippen LogP contribution < -0.4 is 4.72 Å². The number of H-pyrrole nitrogens is 1. The lowest BCUT2D eigenvalue weighted by Crippen LogP contribution is -2.26. The molecule has 0 saturated carbocycles. The van der Waals surface area contributed by atoms with Gasteiger partial charge in [-0.05, 0) is 13.8 Å². The molecule has 8 nitrogen and oxygen atoms in total. The number of hydrogen-bond acceptors (Lipinski definition) is 6. The number of carboxylic acids is 1. The van der Waals surface area contributed by atoms with Crippen LogP contribution in [0.2, 0.25) is 0 Å². The van der Waals surface area contributed by atoms with E-state index in [0.717, 1.165) is 11.3 Å². The molecule has 0 bridgehead atoms. The fourth-order valence-electron chi connectivity index (χ4n) is 1.74. The number of hydrogen-bond donors (Lipinski definition) is 3. The second-order valence-corrected chi connectivity index (χ2v) is 7.15. The van der Waals surface area contributed by atoms with Crippen molar-refractivity contribution in [2.75, 3.05) is 6.54 Å². The van der Waals surface area contributed by atoms with Crippen LogP contribution in [0.15, 0.2) is 11.1 Å². The van der Waals surface area contributed by atoms with Crippen LogP contribution in [0.4, 0.5) is 0 Å². The predicted octanol–water partition coefficient (Wildman–Crippen LogP) is 0.702. The molecule has 0 atom stereocenters. The van der Waals surface area contributed by atoms with Gasteiger partial charge < -0.3 is 5.11 Å². The Morgan fingerprint density at radius 3 is 2.71 bits per heavy atom. The molecule has 2 aromatic rings. The van der Waals surface area contributed by atoms with Gasteiger partial charge >= 0.3 is 5.97 Å². The van der Waals surface area contributed by atoms with Gasteiger partial charge in [0.15, 0.2) is 0 Å². The Bertz CT molecular complexity index is 763. The second kappa shape index (κ2) is 5.92. The predicted molar refractivity (Wildman–Crippen MR) is 76.0 cm³/mol. The number of nitrogens with one attached hydrogen (secondary N) is 2. The monoisotopic (exact) mass is 330 g/mol. The Morgan fingerprint density at radius 2 is 2.19 bits per heavy atom. The largest absolute Gasteiger partial charge is 0.477 e. The molecule has 2 rings (SSSR count). The summed E-state index contributed by atoms with van der Waals surface area (Å²) in [6, 6.07) is 0. The minimum atomic E-state index is -3.62. The number of carbonyl (C=O) groups is 1. The number of aryl methyl sites for hydroxylation is 2. The third-order valence-electron chi connectivity index (χ3n) is 2.74. The number of thiazole rings is 1. The smallest absolute Gasteiger partial charge is 0.347 e. The molecule has 0 amide bonds. The van der Waals surface area contributed by atoms with Crippen molar-refractivity contribution in [2.45, 2.75) is 25.2 Å². The van der Waals surface area contributed by atoms with Gasteiger partial charge in [-0.25, -0.2) is 22.9 Å². The van der Waals surface area contributed by atoms with Crippen LogP contribution in [-0.2, 0) is 16.4 Å². The fraction of sp³-hybridized carbons (Fsp3) is 0.364. The number of aromatic nitrogens is 3. The summed E-state index contributed by atoms with van der Waals surface area (Å²) in [5.74, 6) is -1.02. The molecule has 3 N–H and O–H groups in total. The van der Waals surface area contributed by atoms with Gasteiger partial charge in [0.25, 0.3) is 0 Å². The third-order valence-corrected chi connectivity index (χ3v) is 5.52. The molecule has 2 heterocycles. The van der Waals surface area contributed by atoms with Crippen molar-refractivity contribution in [3.8, 4) is 0 Å². The fourth-order valence-corrected chi connectivity index (χ4v) is 3.81. The molecule has 0 aromatic carbocycles. The van der Waals surface area contributed by atoms with E-state index in [1.807, 2.05) is 0 Å². The van der Waals surface area contributed by atoms with Gasteiger partial charge in [0, 0.05) is 13.0 Å². The maximum atomic E-state index is 12.0. The van der Waals surface area contributed by atoms with E-state index in [1.165, 1.54) is 6.20 Å². The molecule has 0 aliphatic carbocycles. The molecule has 0 spiro atoms. The molecule has 0 saturated heterocycles. The van der Waals surface area contributed by atoms with Gasteiger partial charge in [0.05, 0.1) is 22.6 Å². The molecule has 0 fully saturated rings. The summed E-state index contributed by atoms with van der Waals surface area (Å²) in [5, 5.41) is 15.7. The van der Waals surface area contributed by atoms with Gasteiger partial charge in [0.2, 0.25) is 10.0 Å². The molecule has 0 radical (unpaired) electrons. The summed E-state index contributed by atoms with van der Waals surface area (Å²) >= 11 is 1.05. The summed E-state index contributed by atoms with van der Waals surface area (Å²) in [4.78, 5) is 15.3. The highest BCUT2D eigenvalue weighted by atomic mass is 32.2. The first-order valence-electron chi connectivity index (χ1n) is 6.00. The topological polar surface area (TPSA) is 125 Å². The lowest BCUT2D eigenvalue weighted by Gasteiger charge is -2.04. The summed E-state index contributed by atoms with van der Waals surface area (Å²) in [7, 11) is -3.62. The Hall–Kier alpha value is -1.78. The Balaban J connectivity index is 2.00. The van der Waals surface area contributed by atoms with E-state index in [4.69, 9.17) is 5.11 Å². The third kappa shape index (κ3) is 3.46. The molecule has 10 heteroatoms. The van der Waals surface area contributed by atoms with Crippen LogP contribution in [0.5, 0.6) is 0 Å². The highest BCUT2D eigenvalue weighted by molar-refractivity contribution is 7.89. The first-order valence-corrected chi connectivity index (χ1v) is 8.30. The maximum absolute atomic E-state index is 12.0. The van der Waals surface area contributed by atoms with E-state index in [1.54, 1.807) is 13.8 Å². The first kappa shape index (κ1) is 15.6. The van der Waals surface area contributed by atoms with Crippen LogP contribution in [0.3, 0.4) is 0 Å². The van der Waals surface area contributed by atoms with E-state index in [2.05, 4.69) is 19.9 Å². The highest BCUT2D eigenvalue weighted by Gasteiger charge is 2.19. The molecular weight excluding hydrogens is 316 g/mol. The number of aromatic amines is 1. The van der Waals surface area contributed by atoms with Crippen LogP contribution >= 0.6 is 11.3 Å². The molecule has 114 valence electrons. The van der Waals surface area contributed by atoms with Crippen molar-refractivity contribution >= 4 is 27.3 Å². The number of carboxylic acid groups (broad SMARTS) is 1. The van der Waals surface area contributed by atoms with Gasteiger partial charge in [-0.3, -0.25) is 5.10 Å². The zero-order valence-electron chi connectivity index (χ0n) is 11.4. The van der Waals surface area contributed by atoms with Crippen molar-refractivity contribution in [1.82, 2.24) is 19.9 Å². The van der Waals surface area contributed by atoms with Crippen LogP contribution in [-0.4, -0.2) is 41.2 Å². The van der Waals surface area contributed by atoms with Gasteiger partial charge in [-0.2, -0.15) is 5.10 Å². The minimum absolute atomic E-state index is 0.101. The summed E-state index contributed by atoms with van der Waals surface area (Å²) < 4.78 is 26.4.